The van der Waals surface area contributed by atoms with E-state index >= 15 is 0 Å². The molecule has 0 spiro atoms. The Labute approximate surface area is 99.1 Å². The van der Waals surface area contributed by atoms with Crippen molar-refractivity contribution < 1.29 is 14.7 Å². The Hall–Kier alpha value is -2.24. The molecule has 0 saturated heterocycles. The van der Waals surface area contributed by atoms with Crippen molar-refractivity contribution in [3.05, 3.63) is 29.8 Å². The Balaban J connectivity index is 2.46. The maximum absolute atomic E-state index is 11.6. The van der Waals surface area contributed by atoms with Crippen molar-refractivity contribution in [3.63, 3.8) is 0 Å². The third-order valence-electron chi connectivity index (χ3n) is 2.15. The monoisotopic (exact) mass is 237 g/mol. The predicted molar refractivity (Wildman–Crippen MR) is 63.4 cm³/mol. The zero-order valence-corrected chi connectivity index (χ0v) is 9.51. The molecule has 0 unspecified atom stereocenters. The summed E-state index contributed by atoms with van der Waals surface area (Å²) in [5, 5.41) is 13.8. The van der Waals surface area contributed by atoms with Gasteiger partial charge in [0.1, 0.15) is 11.6 Å². The van der Waals surface area contributed by atoms with Gasteiger partial charge in [0.2, 0.25) is 0 Å². The molecule has 0 fully saturated rings. The second kappa shape index (κ2) is 6.37. The number of ether oxygens (including phenoxy) is 1. The topological polar surface area (TPSA) is 96.9 Å². The zero-order valence-electron chi connectivity index (χ0n) is 9.51. The summed E-state index contributed by atoms with van der Waals surface area (Å²) in [7, 11) is 1.56. The summed E-state index contributed by atoms with van der Waals surface area (Å²) in [6.45, 7) is 0.320. The van der Waals surface area contributed by atoms with E-state index in [2.05, 4.69) is 10.5 Å². The van der Waals surface area contributed by atoms with Crippen LogP contribution >= 0.6 is 0 Å². The number of nitrogens with zero attached hydrogens (tertiary/aromatic N) is 1. The number of carbonyl (C=O) groups excluding carboxylic acids is 1. The minimum absolute atomic E-state index is 0.0834. The SMILES string of the molecule is COc1ccc(C(=O)NCCC(N)=NO)cc1. The highest BCUT2D eigenvalue weighted by Gasteiger charge is 2.05. The van der Waals surface area contributed by atoms with Crippen LogP contribution < -0.4 is 15.8 Å². The lowest BCUT2D eigenvalue weighted by atomic mass is 10.2. The number of hydrogen-bond donors (Lipinski definition) is 3. The van der Waals surface area contributed by atoms with Gasteiger partial charge in [-0.15, -0.1) is 0 Å². The van der Waals surface area contributed by atoms with Gasteiger partial charge in [0.15, 0.2) is 0 Å². The molecule has 0 aliphatic rings. The molecule has 1 aromatic rings. The smallest absolute Gasteiger partial charge is 0.251 e. The lowest BCUT2D eigenvalue weighted by Crippen LogP contribution is -2.27. The van der Waals surface area contributed by atoms with Crippen LogP contribution in [0.4, 0.5) is 0 Å². The van der Waals surface area contributed by atoms with Crippen molar-refractivity contribution in [2.24, 2.45) is 10.9 Å². The summed E-state index contributed by atoms with van der Waals surface area (Å²) in [6, 6.07) is 6.74. The number of rotatable bonds is 5. The number of nitrogens with one attached hydrogen (secondary N) is 1. The van der Waals surface area contributed by atoms with E-state index in [0.717, 1.165) is 0 Å². The highest BCUT2D eigenvalue weighted by Crippen LogP contribution is 2.10. The molecule has 0 bridgehead atoms. The quantitative estimate of drug-likeness (QED) is 0.302. The predicted octanol–water partition coefficient (Wildman–Crippen LogP) is 0.561. The highest BCUT2D eigenvalue weighted by atomic mass is 16.5. The molecule has 1 amide bonds. The van der Waals surface area contributed by atoms with Crippen LogP contribution in [0.2, 0.25) is 0 Å². The van der Waals surface area contributed by atoms with Crippen molar-refractivity contribution in [1.82, 2.24) is 5.32 Å². The van der Waals surface area contributed by atoms with Gasteiger partial charge in [-0.3, -0.25) is 4.79 Å². The second-order valence-corrected chi connectivity index (χ2v) is 3.33. The lowest BCUT2D eigenvalue weighted by Gasteiger charge is -2.05. The van der Waals surface area contributed by atoms with Gasteiger partial charge < -0.3 is 21.0 Å². The molecule has 0 aromatic heterocycles. The van der Waals surface area contributed by atoms with Gasteiger partial charge in [0.05, 0.1) is 7.11 Å². The maximum atomic E-state index is 11.6. The van der Waals surface area contributed by atoms with Crippen LogP contribution in [-0.4, -0.2) is 30.6 Å². The molecule has 0 aliphatic heterocycles. The van der Waals surface area contributed by atoms with E-state index in [1.54, 1.807) is 31.4 Å². The molecule has 0 saturated carbocycles. The first-order chi connectivity index (χ1) is 8.17. The molecular formula is C11H15N3O3. The number of methoxy groups -OCH3 is 1. The average molecular weight is 237 g/mol. The van der Waals surface area contributed by atoms with E-state index in [4.69, 9.17) is 15.7 Å². The van der Waals surface area contributed by atoms with Crippen LogP contribution in [0.1, 0.15) is 16.8 Å². The third-order valence-corrected chi connectivity index (χ3v) is 2.15. The van der Waals surface area contributed by atoms with Crippen LogP contribution in [0.15, 0.2) is 29.4 Å². The van der Waals surface area contributed by atoms with Crippen LogP contribution in [-0.2, 0) is 0 Å². The Morgan fingerprint density at radius 3 is 2.65 bits per heavy atom. The van der Waals surface area contributed by atoms with Crippen molar-refractivity contribution in [3.8, 4) is 5.75 Å². The van der Waals surface area contributed by atoms with Crippen molar-refractivity contribution in [2.45, 2.75) is 6.42 Å². The number of nitrogens with two attached hydrogens (primary N) is 1. The largest absolute Gasteiger partial charge is 0.497 e. The number of oxime groups is 1. The van der Waals surface area contributed by atoms with Gasteiger partial charge in [-0.25, -0.2) is 0 Å². The fraction of sp³-hybridized carbons (Fsp3) is 0.273. The molecule has 92 valence electrons. The van der Waals surface area contributed by atoms with Gasteiger partial charge in [0, 0.05) is 18.5 Å². The first-order valence-corrected chi connectivity index (χ1v) is 5.06. The molecule has 0 radical (unpaired) electrons. The molecule has 17 heavy (non-hydrogen) atoms. The summed E-state index contributed by atoms with van der Waals surface area (Å²) < 4.78 is 4.98. The minimum Gasteiger partial charge on any atom is -0.497 e. The van der Waals surface area contributed by atoms with Crippen LogP contribution in [0.3, 0.4) is 0 Å². The molecule has 0 atom stereocenters. The van der Waals surface area contributed by atoms with E-state index in [0.29, 0.717) is 24.3 Å². The normalized spacial score (nSPS) is 11.0. The number of amidine groups is 1. The fourth-order valence-corrected chi connectivity index (χ4v) is 1.20. The van der Waals surface area contributed by atoms with E-state index < -0.39 is 0 Å². The molecule has 4 N–H and O–H groups in total. The summed E-state index contributed by atoms with van der Waals surface area (Å²) in [4.78, 5) is 11.6. The maximum Gasteiger partial charge on any atom is 0.251 e. The Morgan fingerprint density at radius 1 is 1.47 bits per heavy atom. The zero-order chi connectivity index (χ0) is 12.7. The van der Waals surface area contributed by atoms with Crippen molar-refractivity contribution in [1.29, 1.82) is 0 Å². The second-order valence-electron chi connectivity index (χ2n) is 3.33. The summed E-state index contributed by atoms with van der Waals surface area (Å²) in [5.41, 5.74) is 5.80. The van der Waals surface area contributed by atoms with Crippen LogP contribution in [0, 0.1) is 0 Å². The van der Waals surface area contributed by atoms with E-state index in [9.17, 15) is 4.79 Å². The number of amides is 1. The first kappa shape index (κ1) is 12.8. The average Bonchev–Trinajstić information content (AvgIpc) is 2.38. The van der Waals surface area contributed by atoms with Gasteiger partial charge in [-0.1, -0.05) is 5.16 Å². The van der Waals surface area contributed by atoms with Crippen LogP contribution in [0.25, 0.3) is 0 Å². The molecule has 6 heteroatoms. The molecule has 1 aromatic carbocycles. The van der Waals surface area contributed by atoms with E-state index in [1.165, 1.54) is 0 Å². The van der Waals surface area contributed by atoms with Crippen molar-refractivity contribution >= 4 is 11.7 Å². The van der Waals surface area contributed by atoms with Crippen LogP contribution in [0.5, 0.6) is 5.75 Å². The van der Waals surface area contributed by atoms with Gasteiger partial charge in [-0.2, -0.15) is 0 Å². The Bertz CT molecular complexity index is 401. The van der Waals surface area contributed by atoms with Crippen molar-refractivity contribution in [2.75, 3.05) is 13.7 Å². The number of hydrogen-bond acceptors (Lipinski definition) is 4. The van der Waals surface area contributed by atoms with Gasteiger partial charge in [-0.05, 0) is 24.3 Å². The molecule has 6 nitrogen and oxygen atoms in total. The van der Waals surface area contributed by atoms with Gasteiger partial charge >= 0.3 is 0 Å². The summed E-state index contributed by atoms with van der Waals surface area (Å²) in [6.07, 6.45) is 0.304. The standard InChI is InChI=1S/C11H15N3O3/c1-17-9-4-2-8(3-5-9)11(15)13-7-6-10(12)14-16/h2-5,16H,6-7H2,1H3,(H2,12,14)(H,13,15). The summed E-state index contributed by atoms with van der Waals surface area (Å²) >= 11 is 0. The number of benzene rings is 1. The summed E-state index contributed by atoms with van der Waals surface area (Å²) in [5.74, 6) is 0.566. The molecule has 0 aliphatic carbocycles. The molecular weight excluding hydrogens is 222 g/mol. The van der Waals surface area contributed by atoms with Gasteiger partial charge in [0.25, 0.3) is 5.91 Å². The molecule has 1 rings (SSSR count). The lowest BCUT2D eigenvalue weighted by molar-refractivity contribution is 0.0954. The molecule has 0 heterocycles. The Morgan fingerprint density at radius 2 is 2.12 bits per heavy atom. The third kappa shape index (κ3) is 4.02. The number of carbonyl (C=O) groups is 1. The van der Waals surface area contributed by atoms with E-state index in [-0.39, 0.29) is 11.7 Å². The first-order valence-electron chi connectivity index (χ1n) is 5.06. The Kier molecular flexibility index (Phi) is 4.80. The van der Waals surface area contributed by atoms with E-state index in [1.807, 2.05) is 0 Å². The minimum atomic E-state index is -0.210. The fourth-order valence-electron chi connectivity index (χ4n) is 1.20. The highest BCUT2D eigenvalue weighted by molar-refractivity contribution is 5.94.